The van der Waals surface area contributed by atoms with Gasteiger partial charge in [-0.1, -0.05) is 31.4 Å². The molecule has 23 heavy (non-hydrogen) atoms. The number of likely N-dealkylation sites (N-methyl/N-ethyl adjacent to an activating group) is 1. The summed E-state index contributed by atoms with van der Waals surface area (Å²) >= 11 is 0. The number of anilines is 1. The molecule has 0 N–H and O–H groups in total. The topological polar surface area (TPSA) is 63.4 Å². The Morgan fingerprint density at radius 2 is 2.04 bits per heavy atom. The third-order valence-electron chi connectivity index (χ3n) is 3.66. The number of fused-ring (bicyclic) bond motifs is 3. The lowest BCUT2D eigenvalue weighted by atomic mass is 10.1. The highest BCUT2D eigenvalue weighted by molar-refractivity contribution is 5.93. The molecule has 1 aromatic carbocycles. The van der Waals surface area contributed by atoms with Crippen molar-refractivity contribution >= 4 is 28.8 Å². The highest BCUT2D eigenvalue weighted by atomic mass is 16.1. The maximum Gasteiger partial charge on any atom is 0.257 e. The number of para-hydroxylation sites is 1. The number of aldehydes is 1. The monoisotopic (exact) mass is 305 g/mol. The van der Waals surface area contributed by atoms with E-state index in [1.807, 2.05) is 35.7 Å². The normalized spacial score (nSPS) is 12.0. The van der Waals surface area contributed by atoms with Crippen molar-refractivity contribution in [3.05, 3.63) is 67.2 Å². The number of carbonyl (C=O) groups excluding carboxylic acids is 1. The maximum atomic E-state index is 11.3. The van der Waals surface area contributed by atoms with Crippen LogP contribution in [0.3, 0.4) is 0 Å². The number of hydrogen-bond acceptors (Lipinski definition) is 5. The predicted octanol–water partition coefficient (Wildman–Crippen LogP) is 2.54. The number of nitrogens with zero attached hydrogens (tertiary/aromatic N) is 5. The Kier molecular flexibility index (Phi) is 3.72. The smallest absolute Gasteiger partial charge is 0.257 e. The Morgan fingerprint density at radius 1 is 1.26 bits per heavy atom. The number of aromatic nitrogens is 4. The third-order valence-corrected chi connectivity index (χ3v) is 3.66. The van der Waals surface area contributed by atoms with Crippen LogP contribution in [0.5, 0.6) is 0 Å². The second-order valence-corrected chi connectivity index (χ2v) is 4.88. The fraction of sp³-hybridized carbons (Fsp3) is 0.0588. The minimum Gasteiger partial charge on any atom is -0.328 e. The van der Waals surface area contributed by atoms with E-state index in [2.05, 4.69) is 28.3 Å². The van der Waals surface area contributed by atoms with Crippen LogP contribution in [-0.4, -0.2) is 32.9 Å². The second kappa shape index (κ2) is 5.84. The lowest BCUT2D eigenvalue weighted by Crippen LogP contribution is -2.19. The quantitative estimate of drug-likeness (QED) is 0.412. The summed E-state index contributed by atoms with van der Waals surface area (Å²) in [6.45, 7) is 7.46. The Morgan fingerprint density at radius 3 is 2.74 bits per heavy atom. The summed E-state index contributed by atoms with van der Waals surface area (Å²) in [5.74, 6) is 1.15. The fourth-order valence-corrected chi connectivity index (χ4v) is 2.53. The summed E-state index contributed by atoms with van der Waals surface area (Å²) in [5, 5.41) is 8.85. The van der Waals surface area contributed by atoms with Gasteiger partial charge >= 0.3 is 0 Å². The van der Waals surface area contributed by atoms with Crippen molar-refractivity contribution in [2.75, 3.05) is 11.9 Å². The minimum absolute atomic E-state index is 0.440. The van der Waals surface area contributed by atoms with Gasteiger partial charge in [0.05, 0.1) is 11.2 Å². The van der Waals surface area contributed by atoms with Gasteiger partial charge in [0.2, 0.25) is 0 Å². The van der Waals surface area contributed by atoms with Gasteiger partial charge < -0.3 is 4.90 Å². The first-order chi connectivity index (χ1) is 11.2. The van der Waals surface area contributed by atoms with Crippen molar-refractivity contribution in [2.45, 2.75) is 0 Å². The molecule has 0 saturated carbocycles. The van der Waals surface area contributed by atoms with Crippen molar-refractivity contribution < 1.29 is 4.79 Å². The molecule has 0 aliphatic rings. The molecule has 114 valence electrons. The van der Waals surface area contributed by atoms with E-state index in [1.54, 1.807) is 17.3 Å². The highest BCUT2D eigenvalue weighted by Gasteiger charge is 2.16. The summed E-state index contributed by atoms with van der Waals surface area (Å²) in [6.07, 6.45) is 5.48. The van der Waals surface area contributed by atoms with Crippen molar-refractivity contribution in [1.29, 1.82) is 0 Å². The Hall–Kier alpha value is -3.28. The van der Waals surface area contributed by atoms with Crippen LogP contribution >= 0.6 is 0 Å². The molecule has 6 heteroatoms. The maximum absolute atomic E-state index is 11.3. The number of benzene rings is 1. The van der Waals surface area contributed by atoms with Gasteiger partial charge in [-0.15, -0.1) is 10.2 Å². The van der Waals surface area contributed by atoms with Crippen molar-refractivity contribution in [1.82, 2.24) is 19.6 Å². The molecule has 2 heterocycles. The van der Waals surface area contributed by atoms with E-state index in [1.165, 1.54) is 6.08 Å². The molecule has 0 atom stereocenters. The van der Waals surface area contributed by atoms with E-state index in [-0.39, 0.29) is 0 Å². The van der Waals surface area contributed by atoms with Crippen LogP contribution in [-0.2, 0) is 4.79 Å². The summed E-state index contributed by atoms with van der Waals surface area (Å²) in [6, 6.07) is 7.80. The highest BCUT2D eigenvalue weighted by Crippen LogP contribution is 2.28. The Balaban J connectivity index is 2.33. The Bertz CT molecular complexity index is 944. The average Bonchev–Trinajstić information content (AvgIpc) is 3.07. The molecule has 3 rings (SSSR count). The lowest BCUT2D eigenvalue weighted by molar-refractivity contribution is -0.104. The van der Waals surface area contributed by atoms with Gasteiger partial charge in [-0.05, 0) is 18.2 Å². The zero-order valence-electron chi connectivity index (χ0n) is 12.7. The summed E-state index contributed by atoms with van der Waals surface area (Å²) in [7, 11) is 1.83. The van der Waals surface area contributed by atoms with Gasteiger partial charge in [0.1, 0.15) is 12.1 Å². The van der Waals surface area contributed by atoms with E-state index in [4.69, 9.17) is 0 Å². The van der Waals surface area contributed by atoms with Gasteiger partial charge in [0.25, 0.3) is 5.78 Å². The zero-order chi connectivity index (χ0) is 16.4. The molecule has 6 nitrogen and oxygen atoms in total. The largest absolute Gasteiger partial charge is 0.328 e. The van der Waals surface area contributed by atoms with Crippen molar-refractivity contribution in [3.63, 3.8) is 0 Å². The molecule has 0 bridgehead atoms. The number of rotatable bonds is 5. The first-order valence-electron chi connectivity index (χ1n) is 6.97. The first-order valence-corrected chi connectivity index (χ1v) is 6.97. The molecule has 3 aromatic rings. The summed E-state index contributed by atoms with van der Waals surface area (Å²) < 4.78 is 1.82. The van der Waals surface area contributed by atoms with Crippen LogP contribution in [0, 0.1) is 0 Å². The van der Waals surface area contributed by atoms with Crippen molar-refractivity contribution in [3.8, 4) is 0 Å². The molecule has 0 fully saturated rings. The molecule has 0 saturated heterocycles. The van der Waals surface area contributed by atoms with Crippen LogP contribution in [0.4, 0.5) is 5.82 Å². The molecule has 0 spiro atoms. The molecule has 0 amide bonds. The molecule has 0 aliphatic heterocycles. The Labute approximate surface area is 133 Å². The SMILES string of the molecule is C=C/C(C=O)=C(\C=C)N(C)c1nc2nncn2c2ccccc12. The van der Waals surface area contributed by atoms with Crippen LogP contribution in [0.25, 0.3) is 16.7 Å². The van der Waals surface area contributed by atoms with Crippen LogP contribution in [0.15, 0.2) is 67.2 Å². The van der Waals surface area contributed by atoms with Crippen LogP contribution in [0.1, 0.15) is 0 Å². The molecular weight excluding hydrogens is 290 g/mol. The second-order valence-electron chi connectivity index (χ2n) is 4.88. The molecule has 0 unspecified atom stereocenters. The number of carbonyl (C=O) groups is 1. The molecule has 0 radical (unpaired) electrons. The average molecular weight is 305 g/mol. The van der Waals surface area contributed by atoms with Crippen molar-refractivity contribution in [2.24, 2.45) is 0 Å². The van der Waals surface area contributed by atoms with E-state index < -0.39 is 0 Å². The number of hydrogen-bond donors (Lipinski definition) is 0. The molecule has 0 aliphatic carbocycles. The van der Waals surface area contributed by atoms with Gasteiger partial charge in [0.15, 0.2) is 6.29 Å². The van der Waals surface area contributed by atoms with Gasteiger partial charge in [-0.3, -0.25) is 9.20 Å². The lowest BCUT2D eigenvalue weighted by Gasteiger charge is -2.22. The van der Waals surface area contributed by atoms with E-state index in [0.29, 0.717) is 22.9 Å². The molecule has 2 aromatic heterocycles. The van der Waals surface area contributed by atoms with E-state index >= 15 is 0 Å². The minimum atomic E-state index is 0.440. The van der Waals surface area contributed by atoms with Crippen LogP contribution < -0.4 is 4.90 Å². The standard InChI is InChI=1S/C17H15N5O/c1-4-12(10-23)14(5-2)21(3)16-13-8-6-7-9-15(13)22-11-18-20-17(22)19-16/h4-11H,1-2H2,3H3/b14-12-. The zero-order valence-corrected chi connectivity index (χ0v) is 12.7. The fourth-order valence-electron chi connectivity index (χ4n) is 2.53. The van der Waals surface area contributed by atoms with E-state index in [9.17, 15) is 4.79 Å². The van der Waals surface area contributed by atoms with Gasteiger partial charge in [-0.25, -0.2) is 0 Å². The first kappa shape index (κ1) is 14.6. The number of allylic oxidation sites excluding steroid dienone is 3. The van der Waals surface area contributed by atoms with E-state index in [0.717, 1.165) is 17.2 Å². The third kappa shape index (κ3) is 2.30. The summed E-state index contributed by atoms with van der Waals surface area (Å²) in [5.41, 5.74) is 1.99. The van der Waals surface area contributed by atoms with Gasteiger partial charge in [0, 0.05) is 18.0 Å². The summed E-state index contributed by atoms with van der Waals surface area (Å²) in [4.78, 5) is 17.6. The molecular formula is C17H15N5O. The van der Waals surface area contributed by atoms with Crippen LogP contribution in [0.2, 0.25) is 0 Å². The van der Waals surface area contributed by atoms with Gasteiger partial charge in [-0.2, -0.15) is 4.98 Å². The predicted molar refractivity (Wildman–Crippen MR) is 90.2 cm³/mol.